The van der Waals surface area contributed by atoms with Gasteiger partial charge in [-0.2, -0.15) is 0 Å². The van der Waals surface area contributed by atoms with E-state index in [1.807, 2.05) is 0 Å². The molecule has 3 aromatic rings. The number of carbonyl (C=O) groups excluding carboxylic acids is 1. The van der Waals surface area contributed by atoms with E-state index in [4.69, 9.17) is 9.15 Å². The molecule has 134 valence electrons. The van der Waals surface area contributed by atoms with Gasteiger partial charge in [0.05, 0.1) is 19.9 Å². The Kier molecular flexibility index (Phi) is 5.02. The maximum Gasteiger partial charge on any atom is 0.328 e. The number of methoxy groups -OCH3 is 1. The van der Waals surface area contributed by atoms with Crippen molar-refractivity contribution < 1.29 is 13.9 Å². The van der Waals surface area contributed by atoms with E-state index >= 15 is 0 Å². The number of benzene rings is 1. The first-order chi connectivity index (χ1) is 12.6. The second kappa shape index (κ2) is 7.56. The first kappa shape index (κ1) is 17.3. The number of hydrogen-bond acceptors (Lipinski definition) is 5. The van der Waals surface area contributed by atoms with Crippen LogP contribution in [0.15, 0.2) is 62.9 Å². The average Bonchev–Trinajstić information content (AvgIpc) is 3.17. The van der Waals surface area contributed by atoms with E-state index in [1.54, 1.807) is 43.5 Å². The minimum absolute atomic E-state index is 0.0548. The number of hydrogen-bond donors (Lipinski definition) is 2. The molecule has 0 radical (unpaired) electrons. The standard InChI is InChI=1S/C18H17N3O5/c1-25-13-6-4-12(5-7-13)9-19-16(22)15-10-20-18(24)21(17(15)23)11-14-3-2-8-26-14/h2-8,10H,9,11H2,1H3,(H,19,22)(H,20,24). The highest BCUT2D eigenvalue weighted by molar-refractivity contribution is 5.93. The van der Waals surface area contributed by atoms with Gasteiger partial charge in [0.1, 0.15) is 17.1 Å². The molecule has 0 unspecified atom stereocenters. The Morgan fingerprint density at radius 1 is 1.23 bits per heavy atom. The van der Waals surface area contributed by atoms with Crippen LogP contribution in [0.2, 0.25) is 0 Å². The molecule has 0 bridgehead atoms. The van der Waals surface area contributed by atoms with Gasteiger partial charge >= 0.3 is 5.69 Å². The Labute approximate surface area is 148 Å². The summed E-state index contributed by atoms with van der Waals surface area (Å²) in [4.78, 5) is 39.1. The molecule has 0 aliphatic rings. The Morgan fingerprint density at radius 3 is 2.65 bits per heavy atom. The van der Waals surface area contributed by atoms with Crippen molar-refractivity contribution in [3.63, 3.8) is 0 Å². The third-order valence-corrected chi connectivity index (χ3v) is 3.81. The van der Waals surface area contributed by atoms with Crippen molar-refractivity contribution in [2.24, 2.45) is 0 Å². The number of rotatable bonds is 6. The molecular weight excluding hydrogens is 338 g/mol. The van der Waals surface area contributed by atoms with Crippen LogP contribution < -0.4 is 21.3 Å². The fraction of sp³-hybridized carbons (Fsp3) is 0.167. The number of aromatic amines is 1. The number of H-pyrrole nitrogens is 1. The normalized spacial score (nSPS) is 10.5. The third-order valence-electron chi connectivity index (χ3n) is 3.81. The van der Waals surface area contributed by atoms with Crippen LogP contribution >= 0.6 is 0 Å². The monoisotopic (exact) mass is 355 g/mol. The summed E-state index contributed by atoms with van der Waals surface area (Å²) in [5.41, 5.74) is -0.598. The summed E-state index contributed by atoms with van der Waals surface area (Å²) in [6.07, 6.45) is 2.56. The lowest BCUT2D eigenvalue weighted by Gasteiger charge is -2.08. The second-order valence-corrected chi connectivity index (χ2v) is 5.51. The quantitative estimate of drug-likeness (QED) is 0.689. The molecule has 0 aliphatic heterocycles. The van der Waals surface area contributed by atoms with Gasteiger partial charge in [0.15, 0.2) is 0 Å². The van der Waals surface area contributed by atoms with Crippen LogP contribution in [0.1, 0.15) is 21.7 Å². The summed E-state index contributed by atoms with van der Waals surface area (Å²) in [5, 5.41) is 2.66. The number of aromatic nitrogens is 2. The maximum absolute atomic E-state index is 12.5. The molecule has 8 heteroatoms. The molecule has 8 nitrogen and oxygen atoms in total. The highest BCUT2D eigenvalue weighted by Crippen LogP contribution is 2.11. The summed E-state index contributed by atoms with van der Waals surface area (Å²) < 4.78 is 11.1. The van der Waals surface area contributed by atoms with Crippen LogP contribution in [0.3, 0.4) is 0 Å². The van der Waals surface area contributed by atoms with Crippen LogP contribution in [0.5, 0.6) is 5.75 Å². The van der Waals surface area contributed by atoms with Crippen LogP contribution in [0, 0.1) is 0 Å². The van der Waals surface area contributed by atoms with Gasteiger partial charge in [-0.25, -0.2) is 4.79 Å². The zero-order valence-electron chi connectivity index (χ0n) is 14.0. The van der Waals surface area contributed by atoms with Crippen molar-refractivity contribution in [3.8, 4) is 5.75 Å². The molecule has 0 saturated heterocycles. The van der Waals surface area contributed by atoms with Crippen molar-refractivity contribution >= 4 is 5.91 Å². The molecule has 1 amide bonds. The highest BCUT2D eigenvalue weighted by Gasteiger charge is 2.15. The summed E-state index contributed by atoms with van der Waals surface area (Å²) in [6.45, 7) is 0.181. The first-order valence-corrected chi connectivity index (χ1v) is 7.84. The largest absolute Gasteiger partial charge is 0.497 e. The van der Waals surface area contributed by atoms with Gasteiger partial charge in [0.2, 0.25) is 0 Å². The van der Waals surface area contributed by atoms with Gasteiger partial charge in [0.25, 0.3) is 11.5 Å². The summed E-state index contributed by atoms with van der Waals surface area (Å²) in [5.74, 6) is 0.574. The van der Waals surface area contributed by atoms with Gasteiger partial charge in [-0.15, -0.1) is 0 Å². The fourth-order valence-electron chi connectivity index (χ4n) is 2.40. The number of furan rings is 1. The Balaban J connectivity index is 1.76. The lowest BCUT2D eigenvalue weighted by molar-refractivity contribution is 0.0948. The number of nitrogens with zero attached hydrogens (tertiary/aromatic N) is 1. The van der Waals surface area contributed by atoms with Gasteiger partial charge < -0.3 is 19.5 Å². The Hall–Kier alpha value is -3.55. The first-order valence-electron chi connectivity index (χ1n) is 7.84. The SMILES string of the molecule is COc1ccc(CNC(=O)c2c[nH]c(=O)n(Cc3ccco3)c2=O)cc1. The van der Waals surface area contributed by atoms with Crippen LogP contribution in [-0.2, 0) is 13.1 Å². The summed E-state index contributed by atoms with van der Waals surface area (Å²) in [7, 11) is 1.57. The Bertz CT molecular complexity index is 1000. The molecule has 0 fully saturated rings. The van der Waals surface area contributed by atoms with Crippen molar-refractivity contribution in [2.75, 3.05) is 7.11 Å². The maximum atomic E-state index is 12.5. The summed E-state index contributed by atoms with van der Waals surface area (Å²) >= 11 is 0. The van der Waals surface area contributed by atoms with Crippen LogP contribution in [0.4, 0.5) is 0 Å². The smallest absolute Gasteiger partial charge is 0.328 e. The number of carbonyl (C=O) groups is 1. The van der Waals surface area contributed by atoms with Gasteiger partial charge in [-0.3, -0.25) is 14.2 Å². The van der Waals surface area contributed by atoms with E-state index in [9.17, 15) is 14.4 Å². The zero-order chi connectivity index (χ0) is 18.5. The van der Waals surface area contributed by atoms with Crippen molar-refractivity contribution in [3.05, 3.63) is 86.6 Å². The van der Waals surface area contributed by atoms with Crippen molar-refractivity contribution in [1.82, 2.24) is 14.9 Å². The highest BCUT2D eigenvalue weighted by atomic mass is 16.5. The van der Waals surface area contributed by atoms with E-state index in [2.05, 4.69) is 10.3 Å². The predicted octanol–water partition coefficient (Wildman–Crippen LogP) is 1.12. The number of nitrogens with one attached hydrogen (secondary N) is 2. The minimum atomic E-state index is -0.683. The van der Waals surface area contributed by atoms with E-state index in [1.165, 1.54) is 6.26 Å². The number of amides is 1. The van der Waals surface area contributed by atoms with Gasteiger partial charge in [-0.05, 0) is 29.8 Å². The molecular formula is C18H17N3O5. The molecule has 3 rings (SSSR count). The van der Waals surface area contributed by atoms with Gasteiger partial charge in [-0.1, -0.05) is 12.1 Å². The molecule has 2 N–H and O–H groups in total. The fourth-order valence-corrected chi connectivity index (χ4v) is 2.40. The molecule has 0 atom stereocenters. The molecule has 2 heterocycles. The topological polar surface area (TPSA) is 106 Å². The zero-order valence-corrected chi connectivity index (χ0v) is 14.0. The van der Waals surface area contributed by atoms with Crippen molar-refractivity contribution in [1.29, 1.82) is 0 Å². The van der Waals surface area contributed by atoms with Crippen molar-refractivity contribution in [2.45, 2.75) is 13.1 Å². The Morgan fingerprint density at radius 2 is 2.00 bits per heavy atom. The molecule has 26 heavy (non-hydrogen) atoms. The van der Waals surface area contributed by atoms with Crippen LogP contribution in [-0.4, -0.2) is 22.6 Å². The van der Waals surface area contributed by atoms with E-state index < -0.39 is 17.2 Å². The molecule has 2 aromatic heterocycles. The number of ether oxygens (including phenoxy) is 1. The third kappa shape index (κ3) is 3.75. The lowest BCUT2D eigenvalue weighted by atomic mass is 10.2. The van der Waals surface area contributed by atoms with E-state index in [-0.39, 0.29) is 18.7 Å². The second-order valence-electron chi connectivity index (χ2n) is 5.51. The molecule has 0 aliphatic carbocycles. The van der Waals surface area contributed by atoms with Gasteiger partial charge in [0, 0.05) is 12.7 Å². The molecule has 1 aromatic carbocycles. The van der Waals surface area contributed by atoms with E-state index in [0.29, 0.717) is 11.5 Å². The lowest BCUT2D eigenvalue weighted by Crippen LogP contribution is -2.40. The van der Waals surface area contributed by atoms with E-state index in [0.717, 1.165) is 16.3 Å². The summed E-state index contributed by atoms with van der Waals surface area (Å²) in [6, 6.07) is 10.5. The molecule has 0 spiro atoms. The van der Waals surface area contributed by atoms with Crippen LogP contribution in [0.25, 0.3) is 0 Å². The average molecular weight is 355 g/mol. The minimum Gasteiger partial charge on any atom is -0.497 e. The predicted molar refractivity (Wildman–Crippen MR) is 93.3 cm³/mol. The molecule has 0 saturated carbocycles.